The molecule has 2 unspecified atom stereocenters. The summed E-state index contributed by atoms with van der Waals surface area (Å²) in [6.45, 7) is 1.94. The van der Waals surface area contributed by atoms with E-state index in [1.165, 1.54) is 46.3 Å². The number of piperidine rings is 1. The fourth-order valence-corrected chi connectivity index (χ4v) is 4.47. The van der Waals surface area contributed by atoms with Gasteiger partial charge in [-0.05, 0) is 56.5 Å². The lowest BCUT2D eigenvalue weighted by atomic mass is 9.92. The quantitative estimate of drug-likeness (QED) is 0.538. The second-order valence-electron chi connectivity index (χ2n) is 9.12. The van der Waals surface area contributed by atoms with E-state index >= 15 is 0 Å². The first kappa shape index (κ1) is 27.6. The summed E-state index contributed by atoms with van der Waals surface area (Å²) in [5.74, 6) is 0.372. The van der Waals surface area contributed by atoms with Crippen LogP contribution in [0.2, 0.25) is 0 Å². The van der Waals surface area contributed by atoms with E-state index < -0.39 is 0 Å². The van der Waals surface area contributed by atoms with Crippen LogP contribution >= 0.6 is 0 Å². The smallest absolute Gasteiger partial charge is 0.337 e. The van der Waals surface area contributed by atoms with Crippen LogP contribution in [0, 0.1) is 5.92 Å². The molecule has 36 heavy (non-hydrogen) atoms. The summed E-state index contributed by atoms with van der Waals surface area (Å²) in [4.78, 5) is 27.0. The number of benzene rings is 1. The first-order chi connectivity index (χ1) is 17.6. The van der Waals surface area contributed by atoms with Gasteiger partial charge in [0.15, 0.2) is 0 Å². The number of hydrogen-bond donors (Lipinski definition) is 1. The summed E-state index contributed by atoms with van der Waals surface area (Å²) in [5.41, 5.74) is 1.15. The molecule has 2 fully saturated rings. The van der Waals surface area contributed by atoms with E-state index in [4.69, 9.17) is 14.2 Å². The lowest BCUT2D eigenvalue weighted by molar-refractivity contribution is -0.147. The van der Waals surface area contributed by atoms with Gasteiger partial charge in [0.2, 0.25) is 0 Å². The molecule has 1 aromatic heterocycles. The summed E-state index contributed by atoms with van der Waals surface area (Å²) in [7, 11) is 2.82. The highest BCUT2D eigenvalue weighted by molar-refractivity contribution is 5.89. The number of nitrogens with zero attached hydrogens (tertiary/aromatic N) is 1. The lowest BCUT2D eigenvalue weighted by Crippen LogP contribution is -2.44. The van der Waals surface area contributed by atoms with Crippen molar-refractivity contribution in [2.24, 2.45) is 5.92 Å². The Morgan fingerprint density at radius 3 is 2.50 bits per heavy atom. The number of ether oxygens (including phenoxy) is 4. The standard InChI is InChI=1S/C14H25NO3.C14H13NO3/c2*1-17-14(16)11-7-8-15-12(9-11)10-18-13-5-3-2-4-6-13/h11-13,15H,2-10H2,1H3;2-9H,10H2,1H3. The highest BCUT2D eigenvalue weighted by Crippen LogP contribution is 2.22. The van der Waals surface area contributed by atoms with Gasteiger partial charge in [0.1, 0.15) is 12.4 Å². The van der Waals surface area contributed by atoms with Gasteiger partial charge >= 0.3 is 11.9 Å². The molecule has 8 heteroatoms. The average Bonchev–Trinajstić information content (AvgIpc) is 2.96. The van der Waals surface area contributed by atoms with Gasteiger partial charge in [-0.3, -0.25) is 9.78 Å². The number of carbonyl (C=O) groups excluding carboxylic acids is 2. The molecule has 1 aliphatic heterocycles. The maximum atomic E-state index is 11.5. The second kappa shape index (κ2) is 15.2. The van der Waals surface area contributed by atoms with Gasteiger partial charge in [0.05, 0.1) is 44.1 Å². The third kappa shape index (κ3) is 9.24. The minimum absolute atomic E-state index is 0.0520. The molecule has 0 spiro atoms. The van der Waals surface area contributed by atoms with Crippen LogP contribution < -0.4 is 10.1 Å². The Kier molecular flexibility index (Phi) is 11.7. The maximum absolute atomic E-state index is 11.5. The van der Waals surface area contributed by atoms with Gasteiger partial charge in [0.25, 0.3) is 0 Å². The van der Waals surface area contributed by atoms with Crippen molar-refractivity contribution in [2.45, 2.75) is 63.7 Å². The highest BCUT2D eigenvalue weighted by Gasteiger charge is 2.28. The number of hydrogen-bond acceptors (Lipinski definition) is 8. The van der Waals surface area contributed by atoms with Crippen molar-refractivity contribution in [1.29, 1.82) is 0 Å². The molecule has 2 atom stereocenters. The van der Waals surface area contributed by atoms with Gasteiger partial charge in [-0.15, -0.1) is 0 Å². The molecule has 2 aliphatic rings. The summed E-state index contributed by atoms with van der Waals surface area (Å²) in [6, 6.07) is 13.0. The van der Waals surface area contributed by atoms with Crippen molar-refractivity contribution < 1.29 is 28.5 Å². The van der Waals surface area contributed by atoms with Crippen LogP contribution in [-0.2, 0) is 25.6 Å². The minimum Gasteiger partial charge on any atom is -0.487 e. The Morgan fingerprint density at radius 1 is 1.00 bits per heavy atom. The summed E-state index contributed by atoms with van der Waals surface area (Å²) in [6.07, 6.45) is 10.1. The van der Waals surface area contributed by atoms with Crippen molar-refractivity contribution in [1.82, 2.24) is 10.3 Å². The van der Waals surface area contributed by atoms with Crippen molar-refractivity contribution in [3.63, 3.8) is 0 Å². The normalized spacial score (nSPS) is 19.9. The number of rotatable bonds is 8. The van der Waals surface area contributed by atoms with Crippen LogP contribution in [-0.4, -0.2) is 56.4 Å². The Balaban J connectivity index is 0.000000201. The van der Waals surface area contributed by atoms with Crippen LogP contribution in [0.1, 0.15) is 61.0 Å². The Labute approximate surface area is 213 Å². The van der Waals surface area contributed by atoms with Gasteiger partial charge in [-0.1, -0.05) is 37.5 Å². The number of para-hydroxylation sites is 1. The number of nitrogens with one attached hydrogen (secondary N) is 1. The summed E-state index contributed by atoms with van der Waals surface area (Å²) >= 11 is 0. The van der Waals surface area contributed by atoms with E-state index in [1.54, 1.807) is 18.3 Å². The molecule has 0 radical (unpaired) electrons. The Bertz CT molecular complexity index is 933. The largest absolute Gasteiger partial charge is 0.487 e. The molecule has 196 valence electrons. The molecule has 1 saturated carbocycles. The SMILES string of the molecule is COC(=O)C1CCNC(COC2CCCCC2)C1.COC(=O)c1ccnc(COc2ccccc2)c1. The van der Waals surface area contributed by atoms with Crippen LogP contribution in [0.3, 0.4) is 0 Å². The molecule has 1 N–H and O–H groups in total. The second-order valence-corrected chi connectivity index (χ2v) is 9.12. The molecular formula is C28H38N2O6. The first-order valence-electron chi connectivity index (χ1n) is 12.7. The van der Waals surface area contributed by atoms with E-state index in [2.05, 4.69) is 15.0 Å². The van der Waals surface area contributed by atoms with Crippen molar-refractivity contribution in [3.8, 4) is 5.75 Å². The molecular weight excluding hydrogens is 460 g/mol. The number of carbonyl (C=O) groups is 2. The third-order valence-electron chi connectivity index (χ3n) is 6.48. The molecule has 1 saturated heterocycles. The minimum atomic E-state index is -0.377. The topological polar surface area (TPSA) is 96.0 Å². The fraction of sp³-hybridized carbons (Fsp3) is 0.536. The van der Waals surface area contributed by atoms with Gasteiger partial charge in [-0.2, -0.15) is 0 Å². The predicted octanol–water partition coefficient (Wildman–Crippen LogP) is 4.32. The molecule has 2 aromatic rings. The highest BCUT2D eigenvalue weighted by atomic mass is 16.5. The zero-order valence-corrected chi connectivity index (χ0v) is 21.3. The molecule has 4 rings (SSSR count). The fourth-order valence-electron chi connectivity index (χ4n) is 4.47. The Morgan fingerprint density at radius 2 is 1.78 bits per heavy atom. The number of aromatic nitrogens is 1. The van der Waals surface area contributed by atoms with E-state index in [-0.39, 0.29) is 17.9 Å². The van der Waals surface area contributed by atoms with E-state index in [0.717, 1.165) is 31.7 Å². The average molecular weight is 499 g/mol. The van der Waals surface area contributed by atoms with E-state index in [1.807, 2.05) is 30.3 Å². The van der Waals surface area contributed by atoms with E-state index in [0.29, 0.717) is 30.0 Å². The zero-order chi connectivity index (χ0) is 25.6. The number of methoxy groups -OCH3 is 2. The summed E-state index contributed by atoms with van der Waals surface area (Å²) in [5, 5.41) is 3.43. The van der Waals surface area contributed by atoms with Crippen molar-refractivity contribution in [2.75, 3.05) is 27.4 Å². The molecule has 0 bridgehead atoms. The molecule has 2 heterocycles. The van der Waals surface area contributed by atoms with Crippen LogP contribution in [0.15, 0.2) is 48.7 Å². The maximum Gasteiger partial charge on any atom is 0.337 e. The molecule has 0 amide bonds. The third-order valence-corrected chi connectivity index (χ3v) is 6.48. The summed E-state index contributed by atoms with van der Waals surface area (Å²) < 4.78 is 21.0. The van der Waals surface area contributed by atoms with Gasteiger partial charge in [-0.25, -0.2) is 4.79 Å². The van der Waals surface area contributed by atoms with Crippen molar-refractivity contribution >= 4 is 11.9 Å². The van der Waals surface area contributed by atoms with E-state index in [9.17, 15) is 9.59 Å². The molecule has 1 aliphatic carbocycles. The lowest BCUT2D eigenvalue weighted by Gasteiger charge is -2.30. The first-order valence-corrected chi connectivity index (χ1v) is 12.7. The monoisotopic (exact) mass is 498 g/mol. The zero-order valence-electron chi connectivity index (χ0n) is 21.3. The molecule has 1 aromatic carbocycles. The van der Waals surface area contributed by atoms with Crippen LogP contribution in [0.4, 0.5) is 0 Å². The van der Waals surface area contributed by atoms with Gasteiger partial charge in [0, 0.05) is 12.2 Å². The van der Waals surface area contributed by atoms with Crippen LogP contribution in [0.5, 0.6) is 5.75 Å². The molecule has 8 nitrogen and oxygen atoms in total. The Hall–Kier alpha value is -2.97. The predicted molar refractivity (Wildman–Crippen MR) is 136 cm³/mol. The van der Waals surface area contributed by atoms with Gasteiger partial charge < -0.3 is 24.3 Å². The van der Waals surface area contributed by atoms with Crippen LogP contribution in [0.25, 0.3) is 0 Å². The van der Waals surface area contributed by atoms with Crippen molar-refractivity contribution in [3.05, 3.63) is 59.9 Å². The number of esters is 2. The number of pyridine rings is 1.